The van der Waals surface area contributed by atoms with Gasteiger partial charge in [0.1, 0.15) is 0 Å². The fourth-order valence-electron chi connectivity index (χ4n) is 2.39. The lowest BCUT2D eigenvalue weighted by molar-refractivity contribution is -0.156. The molecule has 1 N–H and O–H groups in total. The van der Waals surface area contributed by atoms with E-state index in [9.17, 15) is 22.8 Å². The second-order valence-electron chi connectivity index (χ2n) is 5.22. The molecule has 0 unspecified atom stereocenters. The van der Waals surface area contributed by atoms with Gasteiger partial charge in [0.2, 0.25) is 6.29 Å². The fourth-order valence-corrected chi connectivity index (χ4v) is 2.39. The Kier molecular flexibility index (Phi) is 9.78. The van der Waals surface area contributed by atoms with Crippen LogP contribution in [0.5, 0.6) is 0 Å². The highest BCUT2D eigenvalue weighted by Crippen LogP contribution is 2.30. The van der Waals surface area contributed by atoms with Gasteiger partial charge in [-0.3, -0.25) is 9.59 Å². The summed E-state index contributed by atoms with van der Waals surface area (Å²) in [5.41, 5.74) is 2.94. The predicted octanol–water partition coefficient (Wildman–Crippen LogP) is 3.25. The zero-order valence-electron chi connectivity index (χ0n) is 14.9. The van der Waals surface area contributed by atoms with Crippen molar-refractivity contribution in [2.24, 2.45) is 0 Å². The third-order valence-corrected chi connectivity index (χ3v) is 3.57. The first kappa shape index (κ1) is 22.9. The quantitative estimate of drug-likeness (QED) is 0.461. The molecular formula is C17H24F3NO4. The Morgan fingerprint density at radius 3 is 2.24 bits per heavy atom. The lowest BCUT2D eigenvalue weighted by Gasteiger charge is -2.21. The highest BCUT2D eigenvalue weighted by atomic mass is 19.4. The molecule has 0 saturated carbocycles. The van der Waals surface area contributed by atoms with Crippen LogP contribution in [-0.2, 0) is 19.1 Å². The summed E-state index contributed by atoms with van der Waals surface area (Å²) in [6, 6.07) is 0. The molecule has 0 amide bonds. The van der Waals surface area contributed by atoms with Crippen molar-refractivity contribution < 1.29 is 32.3 Å². The normalized spacial score (nSPS) is 15.7. The van der Waals surface area contributed by atoms with Crippen molar-refractivity contribution in [3.05, 3.63) is 22.4 Å². The maximum absolute atomic E-state index is 12.2. The second kappa shape index (κ2) is 10.7. The number of carbonyl (C=O) groups excluding carboxylic acids is 3. The van der Waals surface area contributed by atoms with E-state index in [-0.39, 0.29) is 11.8 Å². The molecule has 5 nitrogen and oxygen atoms in total. The summed E-state index contributed by atoms with van der Waals surface area (Å²) in [6.07, 6.45) is -2.86. The largest absolute Gasteiger partial charge is 0.462 e. The minimum absolute atomic E-state index is 0.134. The summed E-state index contributed by atoms with van der Waals surface area (Å²) >= 11 is 0. The SMILES string of the molecule is CCOC(=O)/C(C1=C(C)C(=O)CCC1)=C(/CC)NC.O=CC(F)(F)F. The molecule has 0 saturated heterocycles. The number of hydrogen-bond acceptors (Lipinski definition) is 5. The summed E-state index contributed by atoms with van der Waals surface area (Å²) in [4.78, 5) is 32.7. The molecule has 1 aliphatic carbocycles. The van der Waals surface area contributed by atoms with Crippen molar-refractivity contribution in [2.45, 2.75) is 52.6 Å². The first-order valence-electron chi connectivity index (χ1n) is 7.97. The van der Waals surface area contributed by atoms with Crippen LogP contribution in [0.3, 0.4) is 0 Å². The maximum atomic E-state index is 12.2. The van der Waals surface area contributed by atoms with Crippen LogP contribution in [0.1, 0.15) is 46.5 Å². The number of esters is 1. The number of hydrogen-bond donors (Lipinski definition) is 1. The number of allylic oxidation sites excluding steroid dienone is 2. The van der Waals surface area contributed by atoms with Crippen molar-refractivity contribution in [3.63, 3.8) is 0 Å². The van der Waals surface area contributed by atoms with E-state index in [1.54, 1.807) is 20.9 Å². The monoisotopic (exact) mass is 363 g/mol. The van der Waals surface area contributed by atoms with Gasteiger partial charge in [0.15, 0.2) is 5.78 Å². The van der Waals surface area contributed by atoms with Crippen LogP contribution in [0.15, 0.2) is 22.4 Å². The highest BCUT2D eigenvalue weighted by Gasteiger charge is 2.26. The van der Waals surface area contributed by atoms with Gasteiger partial charge in [-0.25, -0.2) is 4.79 Å². The molecule has 0 radical (unpaired) electrons. The molecular weight excluding hydrogens is 339 g/mol. The average molecular weight is 363 g/mol. The van der Waals surface area contributed by atoms with Gasteiger partial charge in [0.25, 0.3) is 0 Å². The summed E-state index contributed by atoms with van der Waals surface area (Å²) in [7, 11) is 1.79. The molecule has 8 heteroatoms. The number of halogens is 3. The third kappa shape index (κ3) is 7.53. The van der Waals surface area contributed by atoms with E-state index >= 15 is 0 Å². The van der Waals surface area contributed by atoms with Gasteiger partial charge in [-0.2, -0.15) is 13.2 Å². The van der Waals surface area contributed by atoms with Crippen LogP contribution in [0.25, 0.3) is 0 Å². The van der Waals surface area contributed by atoms with Crippen molar-refractivity contribution in [2.75, 3.05) is 13.7 Å². The van der Waals surface area contributed by atoms with Gasteiger partial charge in [0.05, 0.1) is 12.2 Å². The predicted molar refractivity (Wildman–Crippen MR) is 86.7 cm³/mol. The van der Waals surface area contributed by atoms with Crippen LogP contribution in [0.4, 0.5) is 13.2 Å². The maximum Gasteiger partial charge on any atom is 0.446 e. The summed E-state index contributed by atoms with van der Waals surface area (Å²) in [5, 5.41) is 3.06. The molecule has 142 valence electrons. The number of ether oxygens (including phenoxy) is 1. The summed E-state index contributed by atoms with van der Waals surface area (Å²) in [6.45, 7) is 5.90. The minimum atomic E-state index is -4.64. The smallest absolute Gasteiger partial charge is 0.446 e. The Bertz CT molecular complexity index is 557. The number of ketones is 1. The van der Waals surface area contributed by atoms with E-state index in [2.05, 4.69) is 5.32 Å². The Morgan fingerprint density at radius 2 is 1.84 bits per heavy atom. The summed E-state index contributed by atoms with van der Waals surface area (Å²) < 4.78 is 36.4. The molecule has 1 aliphatic rings. The zero-order chi connectivity index (χ0) is 19.6. The van der Waals surface area contributed by atoms with Crippen molar-refractivity contribution in [1.29, 1.82) is 0 Å². The Balaban J connectivity index is 0.000000823. The first-order chi connectivity index (χ1) is 11.6. The average Bonchev–Trinajstić information content (AvgIpc) is 2.55. The number of rotatable bonds is 5. The topological polar surface area (TPSA) is 72.5 Å². The van der Waals surface area contributed by atoms with Crippen LogP contribution < -0.4 is 5.32 Å². The molecule has 0 heterocycles. The van der Waals surface area contributed by atoms with Crippen molar-refractivity contribution in [3.8, 4) is 0 Å². The molecule has 0 aromatic heterocycles. The first-order valence-corrected chi connectivity index (χ1v) is 7.97. The Morgan fingerprint density at radius 1 is 1.28 bits per heavy atom. The van der Waals surface area contributed by atoms with Crippen LogP contribution in [-0.4, -0.2) is 37.9 Å². The van der Waals surface area contributed by atoms with E-state index < -0.39 is 12.5 Å². The van der Waals surface area contributed by atoms with E-state index in [1.165, 1.54) is 0 Å². The molecule has 0 aromatic carbocycles. The van der Waals surface area contributed by atoms with Crippen molar-refractivity contribution >= 4 is 18.0 Å². The standard InChI is InChI=1S/C15H23NO3.C2HF3O/c1-5-12(16-4)14(15(18)19-6-2)11-8-7-9-13(17)10(11)3;3-2(4,5)1-6/h16H,5-9H2,1-4H3;1H/b14-12-;. The molecule has 0 spiro atoms. The lowest BCUT2D eigenvalue weighted by Crippen LogP contribution is -2.21. The van der Waals surface area contributed by atoms with Crippen molar-refractivity contribution in [1.82, 2.24) is 5.32 Å². The van der Waals surface area contributed by atoms with Gasteiger partial charge in [-0.1, -0.05) is 6.92 Å². The van der Waals surface area contributed by atoms with E-state index in [0.717, 1.165) is 24.1 Å². The number of carbonyl (C=O) groups is 3. The van der Waals surface area contributed by atoms with E-state index in [4.69, 9.17) is 9.53 Å². The highest BCUT2D eigenvalue weighted by molar-refractivity contribution is 6.02. The zero-order valence-corrected chi connectivity index (χ0v) is 14.9. The van der Waals surface area contributed by atoms with Gasteiger partial charge in [-0.15, -0.1) is 0 Å². The van der Waals surface area contributed by atoms with Gasteiger partial charge < -0.3 is 10.1 Å². The number of Topliss-reactive ketones (excluding diaryl/α,β-unsaturated/α-hetero) is 1. The third-order valence-electron chi connectivity index (χ3n) is 3.57. The Labute approximate surface area is 145 Å². The molecule has 25 heavy (non-hydrogen) atoms. The number of aldehydes is 1. The molecule has 1 rings (SSSR count). The molecule has 0 fully saturated rings. The van der Waals surface area contributed by atoms with Gasteiger partial charge >= 0.3 is 12.1 Å². The number of alkyl halides is 3. The molecule has 0 aromatic rings. The van der Waals surface area contributed by atoms with Gasteiger partial charge in [-0.05, 0) is 44.3 Å². The van der Waals surface area contributed by atoms with Crippen LogP contribution in [0, 0.1) is 0 Å². The minimum Gasteiger partial charge on any atom is -0.462 e. The molecule has 0 aliphatic heterocycles. The van der Waals surface area contributed by atoms with Gasteiger partial charge in [0, 0.05) is 19.2 Å². The fraction of sp³-hybridized carbons (Fsp3) is 0.588. The number of nitrogens with one attached hydrogen (secondary N) is 1. The van der Waals surface area contributed by atoms with Crippen LogP contribution in [0.2, 0.25) is 0 Å². The summed E-state index contributed by atoms with van der Waals surface area (Å²) in [5.74, 6) is -0.202. The van der Waals surface area contributed by atoms with E-state index in [1.807, 2.05) is 6.92 Å². The molecule has 0 bridgehead atoms. The Hall–Kier alpha value is -2.12. The second-order valence-corrected chi connectivity index (χ2v) is 5.22. The van der Waals surface area contributed by atoms with Crippen LogP contribution >= 0.6 is 0 Å². The van der Waals surface area contributed by atoms with E-state index in [0.29, 0.717) is 30.6 Å². The molecule has 0 atom stereocenters. The lowest BCUT2D eigenvalue weighted by atomic mass is 9.86.